The number of hydrogen-bond acceptors (Lipinski definition) is 2. The molecule has 1 aromatic heterocycles. The molecular formula is C33H27ClN4O2. The van der Waals surface area contributed by atoms with Gasteiger partial charge in [0.15, 0.2) is 0 Å². The number of halogens is 1. The molecule has 1 N–H and O–H groups in total. The lowest BCUT2D eigenvalue weighted by Crippen LogP contribution is -2.48. The Kier molecular flexibility index (Phi) is 6.05. The summed E-state index contributed by atoms with van der Waals surface area (Å²) in [6, 6.07) is 32.7. The summed E-state index contributed by atoms with van der Waals surface area (Å²) >= 11 is 6.42. The quantitative estimate of drug-likeness (QED) is 0.249. The van der Waals surface area contributed by atoms with Crippen molar-refractivity contribution in [3.8, 4) is 5.69 Å². The zero-order valence-electron chi connectivity index (χ0n) is 21.7. The molecule has 1 fully saturated rings. The number of nitrogens with one attached hydrogen (secondary N) is 1. The number of nitrogens with zero attached hydrogens (tertiary/aromatic N) is 3. The highest BCUT2D eigenvalue weighted by atomic mass is 35.5. The Balaban J connectivity index is 1.24. The van der Waals surface area contributed by atoms with E-state index in [0.717, 1.165) is 51.9 Å². The first kappa shape index (κ1) is 24.5. The minimum Gasteiger partial charge on any atom is -0.316 e. The molecule has 0 saturated heterocycles. The van der Waals surface area contributed by atoms with Crippen LogP contribution in [0.2, 0.25) is 5.02 Å². The molecule has 0 unspecified atom stereocenters. The van der Waals surface area contributed by atoms with Crippen molar-refractivity contribution in [2.45, 2.75) is 24.9 Å². The fourth-order valence-corrected chi connectivity index (χ4v) is 5.95. The lowest BCUT2D eigenvalue weighted by atomic mass is 9.97. The van der Waals surface area contributed by atoms with Crippen LogP contribution in [0.5, 0.6) is 0 Å². The molecule has 6 nitrogen and oxygen atoms in total. The minimum atomic E-state index is -0.390. The molecule has 7 rings (SSSR count). The number of amides is 3. The normalized spacial score (nSPS) is 15.8. The highest BCUT2D eigenvalue weighted by Gasteiger charge is 2.40. The zero-order valence-corrected chi connectivity index (χ0v) is 22.5. The third kappa shape index (κ3) is 4.31. The molecule has 7 heteroatoms. The van der Waals surface area contributed by atoms with E-state index in [1.165, 1.54) is 0 Å². The Bertz CT molecular complexity index is 1750. The number of hydrogen-bond donors (Lipinski definition) is 1. The average molecular weight is 547 g/mol. The topological polar surface area (TPSA) is 57.6 Å². The Morgan fingerprint density at radius 2 is 1.60 bits per heavy atom. The number of para-hydroxylation sites is 2. The predicted octanol–water partition coefficient (Wildman–Crippen LogP) is 7.42. The van der Waals surface area contributed by atoms with Gasteiger partial charge in [0.2, 0.25) is 5.91 Å². The van der Waals surface area contributed by atoms with Crippen LogP contribution in [0.3, 0.4) is 0 Å². The van der Waals surface area contributed by atoms with Crippen molar-refractivity contribution >= 4 is 45.7 Å². The molecule has 5 aromatic rings. The fourth-order valence-electron chi connectivity index (χ4n) is 5.75. The van der Waals surface area contributed by atoms with E-state index in [1.807, 2.05) is 114 Å². The molecule has 2 aliphatic rings. The lowest BCUT2D eigenvalue weighted by Gasteiger charge is -2.39. The van der Waals surface area contributed by atoms with Gasteiger partial charge in [-0.2, -0.15) is 0 Å². The summed E-state index contributed by atoms with van der Waals surface area (Å²) in [5.74, 6) is -0.148. The first-order valence-electron chi connectivity index (χ1n) is 13.5. The Morgan fingerprint density at radius 3 is 2.42 bits per heavy atom. The van der Waals surface area contributed by atoms with E-state index < -0.39 is 6.04 Å². The van der Waals surface area contributed by atoms with Crippen LogP contribution in [-0.4, -0.2) is 34.0 Å². The van der Waals surface area contributed by atoms with E-state index in [0.29, 0.717) is 5.02 Å². The first-order valence-corrected chi connectivity index (χ1v) is 13.9. The van der Waals surface area contributed by atoms with Crippen molar-refractivity contribution in [2.24, 2.45) is 0 Å². The molecule has 3 amide bonds. The first-order chi connectivity index (χ1) is 19.6. The smallest absolute Gasteiger partial charge is 0.316 e. The molecule has 1 saturated carbocycles. The molecular weight excluding hydrogens is 520 g/mol. The largest absolute Gasteiger partial charge is 0.322 e. The van der Waals surface area contributed by atoms with Gasteiger partial charge >= 0.3 is 6.03 Å². The summed E-state index contributed by atoms with van der Waals surface area (Å²) in [5, 5.41) is 5.71. The SMILES string of the molecule is O=C(Nc1cccc2ccccc12)N(CC(=O)N1c2ccccc2-n2cccc2[C@H]1c1cccc(Cl)c1)C1CC1. The Morgan fingerprint density at radius 1 is 0.850 bits per heavy atom. The molecule has 0 radical (unpaired) electrons. The molecule has 198 valence electrons. The standard InChI is InChI=1S/C33H27ClN4O2/c34-24-11-5-10-23(20-24)32-30-16-7-19-36(30)28-14-3-4-15-29(28)38(32)31(39)21-37(25-17-18-25)33(40)35-27-13-6-9-22-8-1-2-12-26(22)27/h1-16,19-20,25,32H,17-18,21H2,(H,35,40)/t32-/m1/s1. The number of urea groups is 1. The van der Waals surface area contributed by atoms with E-state index in [4.69, 9.17) is 11.6 Å². The van der Waals surface area contributed by atoms with Gasteiger partial charge in [-0.25, -0.2) is 4.79 Å². The highest BCUT2D eigenvalue weighted by molar-refractivity contribution is 6.30. The van der Waals surface area contributed by atoms with Crippen molar-refractivity contribution in [1.82, 2.24) is 9.47 Å². The third-order valence-electron chi connectivity index (χ3n) is 7.74. The Hall–Kier alpha value is -4.55. The van der Waals surface area contributed by atoms with E-state index in [1.54, 1.807) is 4.90 Å². The molecule has 40 heavy (non-hydrogen) atoms. The maximum absolute atomic E-state index is 14.3. The maximum Gasteiger partial charge on any atom is 0.322 e. The molecule has 2 heterocycles. The number of carbonyl (C=O) groups is 2. The maximum atomic E-state index is 14.3. The van der Waals surface area contributed by atoms with Crippen LogP contribution >= 0.6 is 11.6 Å². The molecule has 0 bridgehead atoms. The van der Waals surface area contributed by atoms with Gasteiger partial charge in [0.1, 0.15) is 12.6 Å². The van der Waals surface area contributed by atoms with E-state index in [2.05, 4.69) is 9.88 Å². The number of fused-ring (bicyclic) bond motifs is 4. The lowest BCUT2D eigenvalue weighted by molar-refractivity contribution is -0.119. The van der Waals surface area contributed by atoms with Crippen molar-refractivity contribution in [2.75, 3.05) is 16.8 Å². The van der Waals surface area contributed by atoms with Gasteiger partial charge in [-0.3, -0.25) is 9.69 Å². The number of aromatic nitrogens is 1. The van der Waals surface area contributed by atoms with E-state index in [9.17, 15) is 9.59 Å². The summed E-state index contributed by atoms with van der Waals surface area (Å²) in [5.41, 5.74) is 4.33. The van der Waals surface area contributed by atoms with Crippen LogP contribution in [0.15, 0.2) is 109 Å². The number of rotatable bonds is 5. The predicted molar refractivity (Wildman–Crippen MR) is 159 cm³/mol. The molecule has 1 aliphatic carbocycles. The van der Waals surface area contributed by atoms with Gasteiger partial charge in [-0.05, 0) is 66.3 Å². The number of carbonyl (C=O) groups excluding carboxylic acids is 2. The van der Waals surface area contributed by atoms with Crippen LogP contribution in [0, 0.1) is 0 Å². The van der Waals surface area contributed by atoms with Gasteiger partial charge in [-0.15, -0.1) is 0 Å². The summed E-state index contributed by atoms with van der Waals surface area (Å²) < 4.78 is 2.12. The van der Waals surface area contributed by atoms with Crippen LogP contribution in [0.25, 0.3) is 16.5 Å². The summed E-state index contributed by atoms with van der Waals surface area (Å²) in [7, 11) is 0. The van der Waals surface area contributed by atoms with Gasteiger partial charge in [0.25, 0.3) is 0 Å². The molecule has 1 aliphatic heterocycles. The van der Waals surface area contributed by atoms with E-state index in [-0.39, 0.29) is 24.5 Å². The van der Waals surface area contributed by atoms with Crippen molar-refractivity contribution in [1.29, 1.82) is 0 Å². The average Bonchev–Trinajstić information content (AvgIpc) is 3.70. The second-order valence-electron chi connectivity index (χ2n) is 10.3. The second kappa shape index (κ2) is 9.88. The third-order valence-corrected chi connectivity index (χ3v) is 7.97. The minimum absolute atomic E-state index is 0.0344. The number of benzene rings is 4. The van der Waals surface area contributed by atoms with Crippen LogP contribution in [-0.2, 0) is 4.79 Å². The van der Waals surface area contributed by atoms with Crippen molar-refractivity contribution in [3.63, 3.8) is 0 Å². The Labute approximate surface area is 237 Å². The van der Waals surface area contributed by atoms with Gasteiger partial charge in [0.05, 0.1) is 22.8 Å². The summed E-state index contributed by atoms with van der Waals surface area (Å²) in [6.45, 7) is -0.0344. The van der Waals surface area contributed by atoms with Gasteiger partial charge < -0.3 is 14.8 Å². The highest BCUT2D eigenvalue weighted by Crippen LogP contribution is 2.43. The summed E-state index contributed by atoms with van der Waals surface area (Å²) in [6.07, 6.45) is 3.78. The monoisotopic (exact) mass is 546 g/mol. The van der Waals surface area contributed by atoms with Gasteiger partial charge in [0, 0.05) is 22.6 Å². The second-order valence-corrected chi connectivity index (χ2v) is 10.8. The molecule has 1 atom stereocenters. The zero-order chi connectivity index (χ0) is 27.2. The summed E-state index contributed by atoms with van der Waals surface area (Å²) in [4.78, 5) is 31.5. The molecule has 0 spiro atoms. The van der Waals surface area contributed by atoms with Crippen LogP contribution in [0.1, 0.15) is 30.1 Å². The van der Waals surface area contributed by atoms with Crippen LogP contribution < -0.4 is 10.2 Å². The fraction of sp³-hybridized carbons (Fsp3) is 0.152. The molecule has 4 aromatic carbocycles. The van der Waals surface area contributed by atoms with Crippen molar-refractivity contribution < 1.29 is 9.59 Å². The van der Waals surface area contributed by atoms with Crippen molar-refractivity contribution in [3.05, 3.63) is 126 Å². The van der Waals surface area contributed by atoms with Gasteiger partial charge in [-0.1, -0.05) is 72.3 Å². The van der Waals surface area contributed by atoms with Crippen LogP contribution in [0.4, 0.5) is 16.2 Å². The number of anilines is 2. The van der Waals surface area contributed by atoms with E-state index >= 15 is 0 Å².